The zero-order valence-corrected chi connectivity index (χ0v) is 14.8. The third-order valence-corrected chi connectivity index (χ3v) is 3.71. The molecule has 0 bridgehead atoms. The van der Waals surface area contributed by atoms with Gasteiger partial charge in [0.2, 0.25) is 0 Å². The van der Waals surface area contributed by atoms with E-state index in [0.717, 1.165) is 28.7 Å². The van der Waals surface area contributed by atoms with Gasteiger partial charge in [0.25, 0.3) is 5.91 Å². The van der Waals surface area contributed by atoms with E-state index in [2.05, 4.69) is 26.3 Å². The monoisotopic (exact) mass is 386 g/mol. The Bertz CT molecular complexity index is 613. The summed E-state index contributed by atoms with van der Waals surface area (Å²) < 4.78 is 2.82. The van der Waals surface area contributed by atoms with Crippen LogP contribution in [0.1, 0.15) is 29.4 Å². The summed E-state index contributed by atoms with van der Waals surface area (Å²) in [6.45, 7) is 3.17. The standard InChI is InChI=1S/C15H19BrN4O.ClH/c1-2-14-13(15(21)18-9-3-8-17)10-19-20(14)12-6-4-11(16)5-7-12;/h4-7,10H,2-3,8-9,17H2,1H3,(H,18,21);1H. The molecule has 0 atom stereocenters. The first-order valence-electron chi connectivity index (χ1n) is 6.98. The molecule has 7 heteroatoms. The molecule has 0 aliphatic rings. The van der Waals surface area contributed by atoms with Gasteiger partial charge in [-0.25, -0.2) is 4.68 Å². The van der Waals surface area contributed by atoms with Gasteiger partial charge in [-0.3, -0.25) is 4.79 Å². The summed E-state index contributed by atoms with van der Waals surface area (Å²) in [5.41, 5.74) is 7.90. The number of aromatic nitrogens is 2. The van der Waals surface area contributed by atoms with Gasteiger partial charge in [-0.2, -0.15) is 5.10 Å². The second-order valence-corrected chi connectivity index (χ2v) is 5.56. The lowest BCUT2D eigenvalue weighted by molar-refractivity contribution is 0.0952. The van der Waals surface area contributed by atoms with Crippen molar-refractivity contribution >= 4 is 34.2 Å². The zero-order chi connectivity index (χ0) is 15.2. The number of amides is 1. The molecule has 1 heterocycles. The van der Waals surface area contributed by atoms with Crippen molar-refractivity contribution in [2.75, 3.05) is 13.1 Å². The summed E-state index contributed by atoms with van der Waals surface area (Å²) in [5, 5.41) is 7.22. The molecule has 22 heavy (non-hydrogen) atoms. The molecule has 0 unspecified atom stereocenters. The predicted molar refractivity (Wildman–Crippen MR) is 93.9 cm³/mol. The van der Waals surface area contributed by atoms with Crippen molar-refractivity contribution in [2.24, 2.45) is 5.73 Å². The van der Waals surface area contributed by atoms with Gasteiger partial charge in [0.1, 0.15) is 0 Å². The van der Waals surface area contributed by atoms with Crippen molar-refractivity contribution in [2.45, 2.75) is 19.8 Å². The summed E-state index contributed by atoms with van der Waals surface area (Å²) in [4.78, 5) is 12.2. The van der Waals surface area contributed by atoms with Crippen LogP contribution in [0.15, 0.2) is 34.9 Å². The van der Waals surface area contributed by atoms with Crippen molar-refractivity contribution in [3.63, 3.8) is 0 Å². The van der Waals surface area contributed by atoms with Crippen molar-refractivity contribution in [3.05, 3.63) is 46.2 Å². The van der Waals surface area contributed by atoms with E-state index in [0.29, 0.717) is 18.7 Å². The molecule has 0 fully saturated rings. The molecular weight excluding hydrogens is 368 g/mol. The number of hydrogen-bond acceptors (Lipinski definition) is 3. The highest BCUT2D eigenvalue weighted by atomic mass is 79.9. The van der Waals surface area contributed by atoms with Crippen LogP contribution in [0.5, 0.6) is 0 Å². The molecule has 0 saturated heterocycles. The molecule has 2 rings (SSSR count). The van der Waals surface area contributed by atoms with Crippen molar-refractivity contribution in [3.8, 4) is 5.69 Å². The Morgan fingerprint density at radius 3 is 2.64 bits per heavy atom. The number of hydrogen-bond donors (Lipinski definition) is 2. The molecule has 1 aromatic carbocycles. The first-order valence-corrected chi connectivity index (χ1v) is 7.77. The lowest BCUT2D eigenvalue weighted by Gasteiger charge is -2.08. The van der Waals surface area contributed by atoms with Gasteiger partial charge in [-0.1, -0.05) is 22.9 Å². The number of benzene rings is 1. The fourth-order valence-corrected chi connectivity index (χ4v) is 2.37. The van der Waals surface area contributed by atoms with E-state index < -0.39 is 0 Å². The van der Waals surface area contributed by atoms with E-state index in [-0.39, 0.29) is 18.3 Å². The summed E-state index contributed by atoms with van der Waals surface area (Å²) >= 11 is 3.41. The molecule has 2 aromatic rings. The molecule has 1 amide bonds. The molecule has 0 radical (unpaired) electrons. The number of nitrogens with one attached hydrogen (secondary N) is 1. The van der Waals surface area contributed by atoms with Crippen LogP contribution in [-0.4, -0.2) is 28.8 Å². The van der Waals surface area contributed by atoms with Crippen molar-refractivity contribution in [1.82, 2.24) is 15.1 Å². The van der Waals surface area contributed by atoms with Gasteiger partial charge >= 0.3 is 0 Å². The van der Waals surface area contributed by atoms with Gasteiger partial charge in [-0.05, 0) is 43.7 Å². The fourth-order valence-electron chi connectivity index (χ4n) is 2.11. The van der Waals surface area contributed by atoms with Gasteiger partial charge in [0.15, 0.2) is 0 Å². The van der Waals surface area contributed by atoms with Gasteiger partial charge < -0.3 is 11.1 Å². The normalized spacial score (nSPS) is 10.1. The molecular formula is C15H20BrClN4O. The molecule has 120 valence electrons. The van der Waals surface area contributed by atoms with Gasteiger partial charge in [-0.15, -0.1) is 12.4 Å². The largest absolute Gasteiger partial charge is 0.352 e. The number of carbonyl (C=O) groups excluding carboxylic acids is 1. The van der Waals surface area contributed by atoms with Gasteiger partial charge in [0.05, 0.1) is 23.1 Å². The first-order chi connectivity index (χ1) is 10.2. The van der Waals surface area contributed by atoms with Crippen LogP contribution in [-0.2, 0) is 6.42 Å². The van der Waals surface area contributed by atoms with E-state index in [9.17, 15) is 4.79 Å². The van der Waals surface area contributed by atoms with E-state index in [1.165, 1.54) is 0 Å². The lowest BCUT2D eigenvalue weighted by atomic mass is 10.2. The van der Waals surface area contributed by atoms with Gasteiger partial charge in [0, 0.05) is 11.0 Å². The highest BCUT2D eigenvalue weighted by Crippen LogP contribution is 2.18. The van der Waals surface area contributed by atoms with Crippen LogP contribution < -0.4 is 11.1 Å². The number of nitrogens with zero attached hydrogens (tertiary/aromatic N) is 2. The SMILES string of the molecule is CCc1c(C(=O)NCCCN)cnn1-c1ccc(Br)cc1.Cl. The summed E-state index contributed by atoms with van der Waals surface area (Å²) in [5.74, 6) is -0.0938. The Balaban J connectivity index is 0.00000242. The Kier molecular flexibility index (Phi) is 7.58. The second-order valence-electron chi connectivity index (χ2n) is 4.64. The molecule has 0 aliphatic carbocycles. The van der Waals surface area contributed by atoms with Crippen molar-refractivity contribution in [1.29, 1.82) is 0 Å². The minimum absolute atomic E-state index is 0. The van der Waals surface area contributed by atoms with E-state index in [4.69, 9.17) is 5.73 Å². The Labute approximate surface area is 144 Å². The minimum atomic E-state index is -0.0938. The Morgan fingerprint density at radius 2 is 2.05 bits per heavy atom. The minimum Gasteiger partial charge on any atom is -0.352 e. The highest BCUT2D eigenvalue weighted by molar-refractivity contribution is 9.10. The van der Waals surface area contributed by atoms with Crippen molar-refractivity contribution < 1.29 is 4.79 Å². The van der Waals surface area contributed by atoms with Crippen LogP contribution in [0.3, 0.4) is 0 Å². The number of halogens is 2. The van der Waals surface area contributed by atoms with Crippen LogP contribution in [0, 0.1) is 0 Å². The summed E-state index contributed by atoms with van der Waals surface area (Å²) in [6, 6.07) is 7.84. The first kappa shape index (κ1) is 18.7. The molecule has 1 aromatic heterocycles. The summed E-state index contributed by atoms with van der Waals surface area (Å²) in [6.07, 6.45) is 3.13. The number of rotatable bonds is 6. The molecule has 5 nitrogen and oxygen atoms in total. The van der Waals surface area contributed by atoms with E-state index >= 15 is 0 Å². The van der Waals surface area contributed by atoms with E-state index in [1.807, 2.05) is 35.9 Å². The predicted octanol–water partition coefficient (Wildman–Crippen LogP) is 2.70. The smallest absolute Gasteiger partial charge is 0.254 e. The summed E-state index contributed by atoms with van der Waals surface area (Å²) in [7, 11) is 0. The Hall–Kier alpha value is -1.37. The second kappa shape index (κ2) is 8.92. The number of carbonyl (C=O) groups is 1. The molecule has 0 saturated carbocycles. The fraction of sp³-hybridized carbons (Fsp3) is 0.333. The van der Waals surface area contributed by atoms with Crippen LogP contribution >= 0.6 is 28.3 Å². The molecule has 0 aliphatic heterocycles. The molecule has 0 spiro atoms. The van der Waals surface area contributed by atoms with E-state index in [1.54, 1.807) is 6.20 Å². The maximum Gasteiger partial charge on any atom is 0.254 e. The maximum atomic E-state index is 12.2. The van der Waals surface area contributed by atoms with Crippen LogP contribution in [0.2, 0.25) is 0 Å². The third kappa shape index (κ3) is 4.32. The zero-order valence-electron chi connectivity index (χ0n) is 12.4. The van der Waals surface area contributed by atoms with Crippen LogP contribution in [0.25, 0.3) is 5.69 Å². The Morgan fingerprint density at radius 1 is 1.36 bits per heavy atom. The third-order valence-electron chi connectivity index (χ3n) is 3.19. The number of nitrogens with two attached hydrogens (primary N) is 1. The topological polar surface area (TPSA) is 72.9 Å². The van der Waals surface area contributed by atoms with Crippen LogP contribution in [0.4, 0.5) is 0 Å². The maximum absolute atomic E-state index is 12.2. The average molecular weight is 388 g/mol. The lowest BCUT2D eigenvalue weighted by Crippen LogP contribution is -2.26. The highest BCUT2D eigenvalue weighted by Gasteiger charge is 2.16. The quantitative estimate of drug-likeness (QED) is 0.749. The average Bonchev–Trinajstić information content (AvgIpc) is 2.92. The molecule has 3 N–H and O–H groups in total.